The highest BCUT2D eigenvalue weighted by Crippen LogP contribution is 2.21. The lowest BCUT2D eigenvalue weighted by Gasteiger charge is -1.98. The molecule has 0 unspecified atom stereocenters. The predicted molar refractivity (Wildman–Crippen MR) is 74.5 cm³/mol. The van der Waals surface area contributed by atoms with Crippen molar-refractivity contribution in [2.45, 2.75) is 0 Å². The molecule has 3 rings (SSSR count). The van der Waals surface area contributed by atoms with Gasteiger partial charge in [-0.3, -0.25) is 0 Å². The molecule has 0 aliphatic rings. The average molecular weight is 282 g/mol. The molecule has 1 aromatic carbocycles. The van der Waals surface area contributed by atoms with E-state index in [0.29, 0.717) is 16.9 Å². The van der Waals surface area contributed by atoms with E-state index in [-0.39, 0.29) is 11.1 Å². The molecule has 0 bridgehead atoms. The molecule has 0 saturated carbocycles. The van der Waals surface area contributed by atoms with Crippen molar-refractivity contribution in [1.29, 1.82) is 0 Å². The molecule has 3 aromatic rings. The molecule has 2 aromatic heterocycles. The summed E-state index contributed by atoms with van der Waals surface area (Å²) in [4.78, 5) is 26.3. The Hall–Kier alpha value is -3.15. The number of fused-ring (bicyclic) bond motifs is 1. The zero-order valence-corrected chi connectivity index (χ0v) is 10.7. The summed E-state index contributed by atoms with van der Waals surface area (Å²) in [7, 11) is 0. The third-order valence-corrected chi connectivity index (χ3v) is 3.11. The van der Waals surface area contributed by atoms with Crippen LogP contribution in [0.4, 0.5) is 0 Å². The number of carboxylic acids is 2. The van der Waals surface area contributed by atoms with Gasteiger partial charge in [-0.1, -0.05) is 12.1 Å². The van der Waals surface area contributed by atoms with Crippen LogP contribution < -0.4 is 0 Å². The van der Waals surface area contributed by atoms with E-state index in [1.54, 1.807) is 28.9 Å². The van der Waals surface area contributed by atoms with Gasteiger partial charge in [0.05, 0.1) is 16.8 Å². The van der Waals surface area contributed by atoms with Gasteiger partial charge in [0.15, 0.2) is 0 Å². The van der Waals surface area contributed by atoms with Crippen LogP contribution in [0.3, 0.4) is 0 Å². The maximum Gasteiger partial charge on any atom is 0.335 e. The Balaban J connectivity index is 2.10. The summed E-state index contributed by atoms with van der Waals surface area (Å²) in [6.07, 6.45) is 3.33. The lowest BCUT2D eigenvalue weighted by atomic mass is 10.1. The SMILES string of the molecule is O=C(O)c1cccc(-c2cn3ccc(C(=O)O)cc3n2)c1. The monoisotopic (exact) mass is 282 g/mol. The molecule has 6 heteroatoms. The second-order valence-corrected chi connectivity index (χ2v) is 4.50. The van der Waals surface area contributed by atoms with E-state index in [1.807, 2.05) is 0 Å². The molecule has 0 fully saturated rings. The predicted octanol–water partition coefficient (Wildman–Crippen LogP) is 2.40. The molecule has 21 heavy (non-hydrogen) atoms. The highest BCUT2D eigenvalue weighted by Gasteiger charge is 2.10. The summed E-state index contributed by atoms with van der Waals surface area (Å²) in [5.41, 5.74) is 2.07. The van der Waals surface area contributed by atoms with Gasteiger partial charge in [-0.2, -0.15) is 0 Å². The smallest absolute Gasteiger partial charge is 0.335 e. The molecule has 0 atom stereocenters. The third kappa shape index (κ3) is 2.34. The van der Waals surface area contributed by atoms with E-state index in [1.165, 1.54) is 24.3 Å². The number of carbonyl (C=O) groups is 2. The van der Waals surface area contributed by atoms with Gasteiger partial charge in [-0.15, -0.1) is 0 Å². The Morgan fingerprint density at radius 3 is 2.43 bits per heavy atom. The molecule has 2 N–H and O–H groups in total. The first kappa shape index (κ1) is 12.9. The van der Waals surface area contributed by atoms with E-state index in [9.17, 15) is 9.59 Å². The molecule has 104 valence electrons. The first-order valence-electron chi connectivity index (χ1n) is 6.10. The molecule has 0 amide bonds. The summed E-state index contributed by atoms with van der Waals surface area (Å²) < 4.78 is 1.69. The Labute approximate surface area is 118 Å². The van der Waals surface area contributed by atoms with Crippen molar-refractivity contribution in [1.82, 2.24) is 9.38 Å². The second-order valence-electron chi connectivity index (χ2n) is 4.50. The number of hydrogen-bond donors (Lipinski definition) is 2. The van der Waals surface area contributed by atoms with Gasteiger partial charge in [0.2, 0.25) is 0 Å². The van der Waals surface area contributed by atoms with Crippen LogP contribution in [0.5, 0.6) is 0 Å². The van der Waals surface area contributed by atoms with Crippen molar-refractivity contribution in [3.8, 4) is 11.3 Å². The minimum atomic E-state index is -1.02. The third-order valence-electron chi connectivity index (χ3n) is 3.11. The van der Waals surface area contributed by atoms with Crippen LogP contribution in [0.1, 0.15) is 20.7 Å². The van der Waals surface area contributed by atoms with Gasteiger partial charge in [-0.25, -0.2) is 14.6 Å². The van der Waals surface area contributed by atoms with E-state index in [0.717, 1.165) is 0 Å². The van der Waals surface area contributed by atoms with Crippen LogP contribution in [-0.2, 0) is 0 Å². The first-order valence-corrected chi connectivity index (χ1v) is 6.10. The standard InChI is InChI=1S/C15H10N2O4/c18-14(19)10-3-1-2-9(6-10)12-8-17-5-4-11(15(20)21)7-13(17)16-12/h1-8H,(H,18,19)(H,20,21). The van der Waals surface area contributed by atoms with Crippen molar-refractivity contribution < 1.29 is 19.8 Å². The van der Waals surface area contributed by atoms with Gasteiger partial charge in [0, 0.05) is 18.0 Å². The van der Waals surface area contributed by atoms with Crippen LogP contribution in [0.15, 0.2) is 48.8 Å². The van der Waals surface area contributed by atoms with Crippen LogP contribution in [-0.4, -0.2) is 31.5 Å². The number of aromatic nitrogens is 2. The summed E-state index contributed by atoms with van der Waals surface area (Å²) >= 11 is 0. The normalized spacial score (nSPS) is 10.7. The first-order chi connectivity index (χ1) is 10.0. The minimum Gasteiger partial charge on any atom is -0.478 e. The lowest BCUT2D eigenvalue weighted by Crippen LogP contribution is -1.97. The number of pyridine rings is 1. The van der Waals surface area contributed by atoms with Gasteiger partial charge in [0.1, 0.15) is 5.65 Å². The van der Waals surface area contributed by atoms with E-state index in [4.69, 9.17) is 10.2 Å². The minimum absolute atomic E-state index is 0.152. The van der Waals surface area contributed by atoms with Crippen molar-refractivity contribution in [2.75, 3.05) is 0 Å². The Bertz CT molecular complexity index is 867. The van der Waals surface area contributed by atoms with E-state index in [2.05, 4.69) is 4.98 Å². The number of imidazole rings is 1. The number of aromatic carboxylic acids is 2. The molecule has 0 radical (unpaired) electrons. The number of carboxylic acid groups (broad SMARTS) is 2. The number of rotatable bonds is 3. The summed E-state index contributed by atoms with van der Waals surface area (Å²) in [6, 6.07) is 9.38. The molecule has 0 aliphatic carbocycles. The van der Waals surface area contributed by atoms with Crippen LogP contribution in [0.25, 0.3) is 16.9 Å². The van der Waals surface area contributed by atoms with E-state index >= 15 is 0 Å². The molecular weight excluding hydrogens is 272 g/mol. The van der Waals surface area contributed by atoms with Gasteiger partial charge >= 0.3 is 11.9 Å². The van der Waals surface area contributed by atoms with Crippen molar-refractivity contribution >= 4 is 17.6 Å². The zero-order valence-electron chi connectivity index (χ0n) is 10.7. The van der Waals surface area contributed by atoms with Gasteiger partial charge < -0.3 is 14.6 Å². The quantitative estimate of drug-likeness (QED) is 0.769. The fourth-order valence-electron chi connectivity index (χ4n) is 2.07. The zero-order chi connectivity index (χ0) is 15.0. The maximum absolute atomic E-state index is 11.0. The number of benzene rings is 1. The van der Waals surface area contributed by atoms with Crippen molar-refractivity contribution in [2.24, 2.45) is 0 Å². The highest BCUT2D eigenvalue weighted by molar-refractivity contribution is 5.90. The van der Waals surface area contributed by atoms with Crippen LogP contribution in [0.2, 0.25) is 0 Å². The molecule has 0 saturated heterocycles. The molecule has 6 nitrogen and oxygen atoms in total. The maximum atomic E-state index is 11.0. The Kier molecular flexibility index (Phi) is 2.91. The summed E-state index contributed by atoms with van der Waals surface area (Å²) in [5, 5.41) is 18.0. The molecule has 2 heterocycles. The largest absolute Gasteiger partial charge is 0.478 e. The lowest BCUT2D eigenvalue weighted by molar-refractivity contribution is 0.0686. The molecule has 0 spiro atoms. The van der Waals surface area contributed by atoms with Crippen LogP contribution in [0, 0.1) is 0 Å². The molecular formula is C15H10N2O4. The van der Waals surface area contributed by atoms with Gasteiger partial charge in [-0.05, 0) is 24.3 Å². The Morgan fingerprint density at radius 2 is 1.71 bits per heavy atom. The number of hydrogen-bond acceptors (Lipinski definition) is 3. The van der Waals surface area contributed by atoms with Crippen molar-refractivity contribution in [3.63, 3.8) is 0 Å². The average Bonchev–Trinajstić information content (AvgIpc) is 2.90. The molecule has 0 aliphatic heterocycles. The van der Waals surface area contributed by atoms with E-state index < -0.39 is 11.9 Å². The fraction of sp³-hybridized carbons (Fsp3) is 0. The fourth-order valence-corrected chi connectivity index (χ4v) is 2.07. The Morgan fingerprint density at radius 1 is 1.00 bits per heavy atom. The summed E-state index contributed by atoms with van der Waals surface area (Å²) in [6.45, 7) is 0. The second kappa shape index (κ2) is 4.75. The van der Waals surface area contributed by atoms with Crippen molar-refractivity contribution in [3.05, 3.63) is 59.9 Å². The van der Waals surface area contributed by atoms with Crippen LogP contribution >= 0.6 is 0 Å². The highest BCUT2D eigenvalue weighted by atomic mass is 16.4. The number of nitrogens with zero attached hydrogens (tertiary/aromatic N) is 2. The topological polar surface area (TPSA) is 91.9 Å². The summed E-state index contributed by atoms with van der Waals surface area (Å²) in [5.74, 6) is -2.02. The van der Waals surface area contributed by atoms with Gasteiger partial charge in [0.25, 0.3) is 0 Å².